The third kappa shape index (κ3) is 2.96. The minimum absolute atomic E-state index is 0.118. The summed E-state index contributed by atoms with van der Waals surface area (Å²) in [5.74, 6) is 0.566. The van der Waals surface area contributed by atoms with Gasteiger partial charge in [-0.3, -0.25) is 4.79 Å². The summed E-state index contributed by atoms with van der Waals surface area (Å²) in [5.41, 5.74) is 3.58. The second kappa shape index (κ2) is 5.74. The summed E-state index contributed by atoms with van der Waals surface area (Å²) in [7, 11) is 3.55. The van der Waals surface area contributed by atoms with Crippen LogP contribution in [0.3, 0.4) is 0 Å². The van der Waals surface area contributed by atoms with E-state index in [0.717, 1.165) is 16.8 Å². The minimum atomic E-state index is -0.118. The van der Waals surface area contributed by atoms with Crippen molar-refractivity contribution in [2.24, 2.45) is 0 Å². The van der Waals surface area contributed by atoms with Crippen LogP contribution < -0.4 is 10.2 Å². The van der Waals surface area contributed by atoms with E-state index >= 15 is 0 Å². The van der Waals surface area contributed by atoms with Crippen LogP contribution in [0.15, 0.2) is 36.4 Å². The van der Waals surface area contributed by atoms with Gasteiger partial charge in [-0.1, -0.05) is 12.1 Å². The minimum Gasteiger partial charge on any atom is -0.373 e. The summed E-state index contributed by atoms with van der Waals surface area (Å²) >= 11 is 0. The molecule has 0 fully saturated rings. The lowest BCUT2D eigenvalue weighted by atomic mass is 10.1. The fourth-order valence-electron chi connectivity index (χ4n) is 2.13. The number of aromatic nitrogens is 1. The number of aryl methyl sites for hydroxylation is 2. The Hall–Kier alpha value is -2.36. The van der Waals surface area contributed by atoms with Crippen molar-refractivity contribution in [3.63, 3.8) is 0 Å². The monoisotopic (exact) mass is 269 g/mol. The molecule has 4 heteroatoms. The molecule has 1 aromatic heterocycles. The lowest BCUT2D eigenvalue weighted by molar-refractivity contribution is 0.0988. The maximum absolute atomic E-state index is 12.5. The first-order chi connectivity index (χ1) is 9.51. The molecule has 0 atom stereocenters. The topological polar surface area (TPSA) is 45.2 Å². The molecule has 0 aliphatic heterocycles. The van der Waals surface area contributed by atoms with Crippen molar-refractivity contribution in [1.29, 1.82) is 0 Å². The molecule has 0 aliphatic rings. The largest absolute Gasteiger partial charge is 0.373 e. The molecule has 1 N–H and O–H groups in total. The number of carbonyl (C=O) groups is 1. The van der Waals surface area contributed by atoms with E-state index < -0.39 is 0 Å². The second-order valence-electron chi connectivity index (χ2n) is 4.87. The van der Waals surface area contributed by atoms with Crippen LogP contribution in [0.2, 0.25) is 0 Å². The Morgan fingerprint density at radius 3 is 2.40 bits per heavy atom. The van der Waals surface area contributed by atoms with Crippen molar-refractivity contribution in [2.45, 2.75) is 13.8 Å². The predicted molar refractivity (Wildman–Crippen MR) is 82.4 cm³/mol. The smallest absolute Gasteiger partial charge is 0.276 e. The molecule has 2 rings (SSSR count). The number of nitrogens with zero attached hydrogens (tertiary/aromatic N) is 2. The first-order valence-electron chi connectivity index (χ1n) is 6.52. The third-order valence-corrected chi connectivity index (χ3v) is 3.12. The van der Waals surface area contributed by atoms with Gasteiger partial charge in [0.25, 0.3) is 5.91 Å². The van der Waals surface area contributed by atoms with Crippen LogP contribution in [0.5, 0.6) is 0 Å². The van der Waals surface area contributed by atoms with Gasteiger partial charge in [-0.05, 0) is 49.2 Å². The van der Waals surface area contributed by atoms with Gasteiger partial charge in [0.2, 0.25) is 0 Å². The fraction of sp³-hybridized carbons (Fsp3) is 0.250. The highest BCUT2D eigenvalue weighted by Crippen LogP contribution is 2.19. The molecule has 20 heavy (non-hydrogen) atoms. The summed E-state index contributed by atoms with van der Waals surface area (Å²) in [6.45, 7) is 4.05. The SMILES string of the molecule is CNc1cccc(C(=O)N(C)c2cc(C)cc(C)c2)n1. The zero-order valence-electron chi connectivity index (χ0n) is 12.3. The summed E-state index contributed by atoms with van der Waals surface area (Å²) in [6.07, 6.45) is 0. The van der Waals surface area contributed by atoms with Gasteiger partial charge in [-0.2, -0.15) is 0 Å². The molecule has 0 saturated heterocycles. The average molecular weight is 269 g/mol. The standard InChI is InChI=1S/C16H19N3O/c1-11-8-12(2)10-13(9-11)19(4)16(20)14-6-5-7-15(17-3)18-14/h5-10H,1-4H3,(H,17,18). The predicted octanol–water partition coefficient (Wildman–Crippen LogP) is 3.02. The number of hydrogen-bond donors (Lipinski definition) is 1. The Bertz CT molecular complexity index is 617. The number of anilines is 2. The zero-order valence-corrected chi connectivity index (χ0v) is 12.3. The molecule has 0 saturated carbocycles. The maximum Gasteiger partial charge on any atom is 0.276 e. The Kier molecular flexibility index (Phi) is 4.03. The van der Waals surface area contributed by atoms with Gasteiger partial charge < -0.3 is 10.2 Å². The van der Waals surface area contributed by atoms with Gasteiger partial charge in [0, 0.05) is 19.8 Å². The number of hydrogen-bond acceptors (Lipinski definition) is 3. The van der Waals surface area contributed by atoms with Gasteiger partial charge in [0.05, 0.1) is 0 Å². The number of carbonyl (C=O) groups excluding carboxylic acids is 1. The highest BCUT2D eigenvalue weighted by molar-refractivity contribution is 6.04. The summed E-state index contributed by atoms with van der Waals surface area (Å²) in [5, 5.41) is 2.94. The van der Waals surface area contributed by atoms with Crippen molar-refractivity contribution < 1.29 is 4.79 Å². The molecule has 0 spiro atoms. The van der Waals surface area contributed by atoms with Crippen molar-refractivity contribution in [1.82, 2.24) is 4.98 Å². The van der Waals surface area contributed by atoms with Crippen molar-refractivity contribution in [3.05, 3.63) is 53.2 Å². The highest BCUT2D eigenvalue weighted by Gasteiger charge is 2.15. The van der Waals surface area contributed by atoms with Gasteiger partial charge in [0.1, 0.15) is 11.5 Å². The van der Waals surface area contributed by atoms with Crippen LogP contribution >= 0.6 is 0 Å². The fourth-order valence-corrected chi connectivity index (χ4v) is 2.13. The van der Waals surface area contributed by atoms with Crippen LogP contribution in [0.4, 0.5) is 11.5 Å². The molecule has 0 aliphatic carbocycles. The van der Waals surface area contributed by atoms with E-state index in [1.165, 1.54) is 0 Å². The Morgan fingerprint density at radius 1 is 1.15 bits per heavy atom. The summed E-state index contributed by atoms with van der Waals surface area (Å²) in [4.78, 5) is 18.4. The number of rotatable bonds is 3. The van der Waals surface area contributed by atoms with Crippen LogP contribution in [-0.4, -0.2) is 25.0 Å². The zero-order chi connectivity index (χ0) is 14.7. The van der Waals surface area contributed by atoms with Crippen molar-refractivity contribution in [2.75, 3.05) is 24.3 Å². The molecular weight excluding hydrogens is 250 g/mol. The van der Waals surface area contributed by atoms with Crippen LogP contribution in [0, 0.1) is 13.8 Å². The van der Waals surface area contributed by atoms with E-state index in [2.05, 4.69) is 16.4 Å². The highest BCUT2D eigenvalue weighted by atomic mass is 16.2. The summed E-state index contributed by atoms with van der Waals surface area (Å²) < 4.78 is 0. The number of pyridine rings is 1. The van der Waals surface area contributed by atoms with E-state index in [4.69, 9.17) is 0 Å². The van der Waals surface area contributed by atoms with E-state index in [1.54, 1.807) is 25.1 Å². The molecule has 0 radical (unpaired) electrons. The second-order valence-corrected chi connectivity index (χ2v) is 4.87. The van der Waals surface area contributed by atoms with E-state index in [0.29, 0.717) is 11.5 Å². The number of nitrogens with one attached hydrogen (secondary N) is 1. The molecule has 1 aromatic carbocycles. The van der Waals surface area contributed by atoms with Gasteiger partial charge >= 0.3 is 0 Å². The van der Waals surface area contributed by atoms with Gasteiger partial charge in [0.15, 0.2) is 0 Å². The molecule has 104 valence electrons. The third-order valence-electron chi connectivity index (χ3n) is 3.12. The lowest BCUT2D eigenvalue weighted by Gasteiger charge is -2.18. The quantitative estimate of drug-likeness (QED) is 0.931. The van der Waals surface area contributed by atoms with Crippen LogP contribution in [-0.2, 0) is 0 Å². The van der Waals surface area contributed by atoms with Gasteiger partial charge in [-0.25, -0.2) is 4.98 Å². The maximum atomic E-state index is 12.5. The van der Waals surface area contributed by atoms with Crippen molar-refractivity contribution >= 4 is 17.4 Å². The number of amides is 1. The lowest BCUT2D eigenvalue weighted by Crippen LogP contribution is -2.27. The van der Waals surface area contributed by atoms with Gasteiger partial charge in [-0.15, -0.1) is 0 Å². The molecule has 0 bridgehead atoms. The molecule has 2 aromatic rings. The van der Waals surface area contributed by atoms with Crippen LogP contribution in [0.1, 0.15) is 21.6 Å². The Balaban J connectivity index is 2.31. The summed E-state index contributed by atoms with van der Waals surface area (Å²) in [6, 6.07) is 11.4. The normalized spacial score (nSPS) is 10.2. The first-order valence-corrected chi connectivity index (χ1v) is 6.52. The molecule has 1 amide bonds. The number of benzene rings is 1. The first kappa shape index (κ1) is 14.1. The van der Waals surface area contributed by atoms with Crippen molar-refractivity contribution in [3.8, 4) is 0 Å². The molecule has 0 unspecified atom stereocenters. The average Bonchev–Trinajstić information content (AvgIpc) is 2.44. The molecule has 4 nitrogen and oxygen atoms in total. The Morgan fingerprint density at radius 2 is 1.80 bits per heavy atom. The van der Waals surface area contributed by atoms with Crippen LogP contribution in [0.25, 0.3) is 0 Å². The van der Waals surface area contributed by atoms with E-state index in [9.17, 15) is 4.79 Å². The van der Waals surface area contributed by atoms with E-state index in [1.807, 2.05) is 38.1 Å². The Labute approximate surface area is 119 Å². The van der Waals surface area contributed by atoms with E-state index in [-0.39, 0.29) is 5.91 Å². The molecule has 1 heterocycles. The molecular formula is C16H19N3O.